The first-order valence-corrected chi connectivity index (χ1v) is 39.7. The third-order valence-corrected chi connectivity index (χ3v) is 18.6. The van der Waals surface area contributed by atoms with Crippen molar-refractivity contribution in [1.29, 1.82) is 0 Å². The van der Waals surface area contributed by atoms with Gasteiger partial charge in [0.1, 0.15) is 19.3 Å². The van der Waals surface area contributed by atoms with Crippen molar-refractivity contribution in [1.82, 2.24) is 0 Å². The van der Waals surface area contributed by atoms with Gasteiger partial charge in [0.2, 0.25) is 0 Å². The monoisotopic (exact) mass is 1320 g/mol. The van der Waals surface area contributed by atoms with Crippen LogP contribution in [0.2, 0.25) is 0 Å². The molecule has 0 rings (SSSR count). The summed E-state index contributed by atoms with van der Waals surface area (Å²) in [6.07, 6.45) is 43.0. The summed E-state index contributed by atoms with van der Waals surface area (Å²) in [6.45, 7) is 14.1. The van der Waals surface area contributed by atoms with Crippen molar-refractivity contribution in [3.05, 3.63) is 0 Å². The third kappa shape index (κ3) is 63.5. The number of rotatable bonds is 68. The Hall–Kier alpha value is -1.94. The van der Waals surface area contributed by atoms with Gasteiger partial charge in [0, 0.05) is 25.7 Å². The molecule has 0 heterocycles. The molecule has 0 aromatic heterocycles. The number of hydrogen-bond donors (Lipinski definition) is 3. The van der Waals surface area contributed by atoms with Crippen LogP contribution in [0.1, 0.15) is 351 Å². The molecule has 90 heavy (non-hydrogen) atoms. The molecule has 6 atom stereocenters. The lowest BCUT2D eigenvalue weighted by Gasteiger charge is -2.21. The van der Waals surface area contributed by atoms with Gasteiger partial charge in [-0.25, -0.2) is 9.13 Å². The zero-order valence-corrected chi connectivity index (χ0v) is 60.6. The van der Waals surface area contributed by atoms with Gasteiger partial charge in [-0.05, 0) is 49.4 Å². The first kappa shape index (κ1) is 88.1. The molecule has 0 spiro atoms. The summed E-state index contributed by atoms with van der Waals surface area (Å²) in [5.41, 5.74) is 0. The number of esters is 4. The topological polar surface area (TPSA) is 237 Å². The van der Waals surface area contributed by atoms with Crippen LogP contribution in [0.5, 0.6) is 0 Å². The van der Waals surface area contributed by atoms with E-state index in [1.165, 1.54) is 148 Å². The molecule has 0 radical (unpaired) electrons. The minimum Gasteiger partial charge on any atom is -0.462 e. The molecule has 0 saturated heterocycles. The lowest BCUT2D eigenvalue weighted by molar-refractivity contribution is -0.161. The van der Waals surface area contributed by atoms with Gasteiger partial charge in [-0.2, -0.15) is 0 Å². The standard InChI is InChI=1S/C71H138O17P2/c1-9-64(8)50-42-34-26-18-13-14-20-28-37-45-53-70(75)87-67(58-82-69(74)52-44-36-30-22-25-33-41-49-63(6)7)60-86-90(79,80)84-56-65(72)55-83-89(77,78)85-59-66(88-71(76)54-46-38-29-21-15-17-24-32-40-48-62(4)5)57-81-68(73)51-43-35-27-19-12-10-11-16-23-31-39-47-61(2)3/h61-67,72H,9-60H2,1-8H3,(H,77,78)(H,79,80)/t64?,65?,66-,67-/m1/s1. The SMILES string of the molecule is CCC(C)CCCCCCCCCCCCC(=O)O[C@H](COC(=O)CCCCCCCCCC(C)C)COP(=O)(O)OCC(O)COP(=O)(O)OC[C@@H](COC(=O)CCCCCCCCCCCCCC(C)C)OC(=O)CCCCCCCCCCCC(C)C. The smallest absolute Gasteiger partial charge is 0.462 e. The van der Waals surface area contributed by atoms with Crippen LogP contribution < -0.4 is 0 Å². The number of unbranched alkanes of at least 4 members (excludes halogenated alkanes) is 33. The van der Waals surface area contributed by atoms with Crippen LogP contribution in [0.25, 0.3) is 0 Å². The largest absolute Gasteiger partial charge is 0.472 e. The third-order valence-electron chi connectivity index (χ3n) is 16.7. The molecular weight excluding hydrogens is 1190 g/mol. The molecule has 4 unspecified atom stereocenters. The second kappa shape index (κ2) is 60.7. The van der Waals surface area contributed by atoms with Crippen LogP contribution in [-0.4, -0.2) is 96.7 Å². The van der Waals surface area contributed by atoms with Crippen molar-refractivity contribution in [2.24, 2.45) is 23.7 Å². The van der Waals surface area contributed by atoms with Gasteiger partial charge in [0.05, 0.1) is 26.4 Å². The molecule has 0 bridgehead atoms. The van der Waals surface area contributed by atoms with E-state index in [9.17, 15) is 43.2 Å². The molecule has 19 heteroatoms. The highest BCUT2D eigenvalue weighted by atomic mass is 31.2. The van der Waals surface area contributed by atoms with Gasteiger partial charge in [-0.1, -0.05) is 299 Å². The van der Waals surface area contributed by atoms with Gasteiger partial charge in [-0.3, -0.25) is 37.3 Å². The van der Waals surface area contributed by atoms with Gasteiger partial charge in [0.15, 0.2) is 12.2 Å². The van der Waals surface area contributed by atoms with Crippen molar-refractivity contribution < 1.29 is 80.2 Å². The molecular formula is C71H138O17P2. The molecule has 17 nitrogen and oxygen atoms in total. The molecule has 3 N–H and O–H groups in total. The van der Waals surface area contributed by atoms with Crippen LogP contribution >= 0.6 is 15.6 Å². The Morgan fingerprint density at radius 1 is 0.311 bits per heavy atom. The molecule has 0 aliphatic heterocycles. The van der Waals surface area contributed by atoms with Crippen LogP contribution in [0.15, 0.2) is 0 Å². The Morgan fingerprint density at radius 2 is 0.533 bits per heavy atom. The lowest BCUT2D eigenvalue weighted by atomic mass is 9.99. The van der Waals surface area contributed by atoms with Crippen LogP contribution in [0.3, 0.4) is 0 Å². The predicted molar refractivity (Wildman–Crippen MR) is 363 cm³/mol. The number of carbonyl (C=O) groups excluding carboxylic acids is 4. The summed E-state index contributed by atoms with van der Waals surface area (Å²) in [4.78, 5) is 72.6. The minimum absolute atomic E-state index is 0.105. The average Bonchev–Trinajstić information content (AvgIpc) is 3.00. The molecule has 0 aromatic rings. The molecule has 0 aliphatic rings. The van der Waals surface area contributed by atoms with Gasteiger partial charge >= 0.3 is 39.5 Å². The first-order valence-electron chi connectivity index (χ1n) is 36.7. The number of phosphoric acid groups is 2. The highest BCUT2D eigenvalue weighted by Crippen LogP contribution is 2.45. The number of hydrogen-bond acceptors (Lipinski definition) is 15. The molecule has 0 saturated carbocycles. The van der Waals surface area contributed by atoms with Crippen molar-refractivity contribution in [2.75, 3.05) is 39.6 Å². The Labute approximate surface area is 549 Å². The first-order chi connectivity index (χ1) is 43.1. The fourth-order valence-electron chi connectivity index (χ4n) is 10.6. The molecule has 0 amide bonds. The summed E-state index contributed by atoms with van der Waals surface area (Å²) < 4.78 is 68.3. The van der Waals surface area contributed by atoms with Crippen molar-refractivity contribution >= 4 is 39.5 Å². The van der Waals surface area contributed by atoms with E-state index in [-0.39, 0.29) is 25.7 Å². The fraction of sp³-hybridized carbons (Fsp3) is 0.944. The normalized spacial score (nSPS) is 14.6. The predicted octanol–water partition coefficient (Wildman–Crippen LogP) is 20.1. The Balaban J connectivity index is 5.26. The minimum atomic E-state index is -4.95. The summed E-state index contributed by atoms with van der Waals surface area (Å²) in [5, 5.41) is 10.6. The maximum Gasteiger partial charge on any atom is 0.472 e. The van der Waals surface area contributed by atoms with E-state index in [0.717, 1.165) is 114 Å². The highest BCUT2D eigenvalue weighted by molar-refractivity contribution is 7.47. The van der Waals surface area contributed by atoms with E-state index in [1.807, 2.05) is 0 Å². The number of aliphatic hydroxyl groups excluding tert-OH is 1. The van der Waals surface area contributed by atoms with E-state index in [1.54, 1.807) is 0 Å². The Kier molecular flexibility index (Phi) is 59.4. The average molecular weight is 1330 g/mol. The summed E-state index contributed by atoms with van der Waals surface area (Å²) in [5.74, 6) is 0.887. The van der Waals surface area contributed by atoms with Crippen molar-refractivity contribution in [3.63, 3.8) is 0 Å². The second-order valence-electron chi connectivity index (χ2n) is 27.3. The number of aliphatic hydroxyl groups is 1. The van der Waals surface area contributed by atoms with Gasteiger partial charge in [-0.15, -0.1) is 0 Å². The maximum atomic E-state index is 13.0. The van der Waals surface area contributed by atoms with E-state index in [0.29, 0.717) is 31.6 Å². The van der Waals surface area contributed by atoms with Crippen LogP contribution in [0.4, 0.5) is 0 Å². The fourth-order valence-corrected chi connectivity index (χ4v) is 12.2. The Morgan fingerprint density at radius 3 is 0.789 bits per heavy atom. The quantitative estimate of drug-likeness (QED) is 0.0222. The maximum absolute atomic E-state index is 13.0. The Bertz CT molecular complexity index is 1780. The van der Waals surface area contributed by atoms with E-state index in [4.69, 9.17) is 37.0 Å². The van der Waals surface area contributed by atoms with E-state index in [2.05, 4.69) is 55.4 Å². The zero-order chi connectivity index (χ0) is 66.8. The lowest BCUT2D eigenvalue weighted by Crippen LogP contribution is -2.30. The van der Waals surface area contributed by atoms with E-state index < -0.39 is 97.5 Å². The number of carbonyl (C=O) groups is 4. The molecule has 0 fully saturated rings. The highest BCUT2D eigenvalue weighted by Gasteiger charge is 2.30. The second-order valence-corrected chi connectivity index (χ2v) is 30.2. The van der Waals surface area contributed by atoms with Crippen LogP contribution in [0, 0.1) is 23.7 Å². The number of phosphoric ester groups is 2. The van der Waals surface area contributed by atoms with Crippen molar-refractivity contribution in [3.8, 4) is 0 Å². The van der Waals surface area contributed by atoms with Crippen molar-refractivity contribution in [2.45, 2.75) is 369 Å². The van der Waals surface area contributed by atoms with Crippen LogP contribution in [-0.2, 0) is 65.4 Å². The molecule has 534 valence electrons. The molecule has 0 aromatic carbocycles. The summed E-state index contributed by atoms with van der Waals surface area (Å²) in [7, 11) is -9.90. The van der Waals surface area contributed by atoms with Gasteiger partial charge in [0.25, 0.3) is 0 Å². The van der Waals surface area contributed by atoms with E-state index >= 15 is 0 Å². The number of ether oxygens (including phenoxy) is 4. The van der Waals surface area contributed by atoms with Gasteiger partial charge < -0.3 is 33.8 Å². The molecule has 0 aliphatic carbocycles. The summed E-state index contributed by atoms with van der Waals surface area (Å²) >= 11 is 0. The zero-order valence-electron chi connectivity index (χ0n) is 58.8. The summed E-state index contributed by atoms with van der Waals surface area (Å²) in [6, 6.07) is 0.